The minimum absolute atomic E-state index is 0.0409. The van der Waals surface area contributed by atoms with E-state index in [1.807, 2.05) is 6.92 Å². The van der Waals surface area contributed by atoms with E-state index in [2.05, 4.69) is 27.3 Å². The molecule has 7 heteroatoms. The van der Waals surface area contributed by atoms with Crippen LogP contribution in [-0.4, -0.2) is 43.5 Å². The van der Waals surface area contributed by atoms with Crippen molar-refractivity contribution in [3.8, 4) is 6.07 Å². The zero-order chi connectivity index (χ0) is 18.5. The molecule has 2 heterocycles. The van der Waals surface area contributed by atoms with Gasteiger partial charge in [-0.25, -0.2) is 4.39 Å². The van der Waals surface area contributed by atoms with E-state index in [4.69, 9.17) is 5.26 Å². The first kappa shape index (κ1) is 19.5. The van der Waals surface area contributed by atoms with Gasteiger partial charge in [0.15, 0.2) is 0 Å². The number of hydrogen-bond donors (Lipinski definition) is 4. The second kappa shape index (κ2) is 9.12. The molecular weight excluding hydrogens is 333 g/mol. The van der Waals surface area contributed by atoms with Crippen LogP contribution in [0.2, 0.25) is 0 Å². The van der Waals surface area contributed by atoms with Crippen LogP contribution in [-0.2, 0) is 4.79 Å². The fraction of sp³-hybridized carbons (Fsp3) is 0.895. The lowest BCUT2D eigenvalue weighted by atomic mass is 9.75. The van der Waals surface area contributed by atoms with Crippen molar-refractivity contribution < 1.29 is 9.18 Å². The Kier molecular flexibility index (Phi) is 6.85. The summed E-state index contributed by atoms with van der Waals surface area (Å²) in [5.74, 6) is 0.676. The maximum absolute atomic E-state index is 13.7. The van der Waals surface area contributed by atoms with Crippen molar-refractivity contribution >= 4 is 5.91 Å². The molecule has 2 saturated heterocycles. The van der Waals surface area contributed by atoms with E-state index < -0.39 is 12.1 Å². The maximum Gasteiger partial charge on any atom is 0.238 e. The van der Waals surface area contributed by atoms with Gasteiger partial charge in [-0.15, -0.1) is 0 Å². The number of halogens is 1. The molecule has 0 spiro atoms. The minimum atomic E-state index is -0.938. The monoisotopic (exact) mass is 365 g/mol. The molecule has 0 aromatic heterocycles. The highest BCUT2D eigenvalue weighted by atomic mass is 19.1. The quantitative estimate of drug-likeness (QED) is 0.605. The molecule has 3 aliphatic rings. The van der Waals surface area contributed by atoms with Gasteiger partial charge in [0.25, 0.3) is 0 Å². The molecule has 0 aromatic rings. The summed E-state index contributed by atoms with van der Waals surface area (Å²) in [4.78, 5) is 12.4. The number of hydrogen-bond acceptors (Lipinski definition) is 5. The smallest absolute Gasteiger partial charge is 0.238 e. The highest BCUT2D eigenvalue weighted by molar-refractivity contribution is 5.82. The third kappa shape index (κ3) is 5.15. The first-order valence-corrected chi connectivity index (χ1v) is 10.1. The van der Waals surface area contributed by atoms with Crippen LogP contribution in [0.1, 0.15) is 51.9 Å². The van der Waals surface area contributed by atoms with Crippen molar-refractivity contribution in [3.63, 3.8) is 0 Å². The van der Waals surface area contributed by atoms with Gasteiger partial charge >= 0.3 is 0 Å². The number of rotatable bonds is 4. The van der Waals surface area contributed by atoms with Crippen LogP contribution in [0, 0.1) is 29.1 Å². The summed E-state index contributed by atoms with van der Waals surface area (Å²) < 4.78 is 13.7. The first-order valence-electron chi connectivity index (χ1n) is 10.1. The SMILES string of the molecule is CC1NCCC(C(=O)NC2CCC(CC3CCC(F)C(C#N)C3)CN2)N1. The Hall–Kier alpha value is -1.23. The Morgan fingerprint density at radius 2 is 2.00 bits per heavy atom. The molecule has 146 valence electrons. The molecule has 1 amide bonds. The van der Waals surface area contributed by atoms with E-state index in [1.54, 1.807) is 0 Å². The molecule has 4 N–H and O–H groups in total. The molecule has 3 fully saturated rings. The van der Waals surface area contributed by atoms with Gasteiger partial charge < -0.3 is 10.6 Å². The first-order chi connectivity index (χ1) is 12.5. The van der Waals surface area contributed by atoms with Crippen LogP contribution in [0.4, 0.5) is 4.39 Å². The van der Waals surface area contributed by atoms with E-state index in [-0.39, 0.29) is 24.3 Å². The zero-order valence-electron chi connectivity index (χ0n) is 15.6. The average Bonchev–Trinajstić information content (AvgIpc) is 2.65. The van der Waals surface area contributed by atoms with Crippen LogP contribution in [0.5, 0.6) is 0 Å². The number of piperidine rings is 1. The Bertz CT molecular complexity index is 517. The largest absolute Gasteiger partial charge is 0.339 e. The van der Waals surface area contributed by atoms with Crippen LogP contribution in [0.3, 0.4) is 0 Å². The summed E-state index contributed by atoms with van der Waals surface area (Å²) in [7, 11) is 0. The number of carbonyl (C=O) groups excluding carboxylic acids is 1. The minimum Gasteiger partial charge on any atom is -0.339 e. The van der Waals surface area contributed by atoms with Gasteiger partial charge in [0.1, 0.15) is 6.17 Å². The summed E-state index contributed by atoms with van der Waals surface area (Å²) in [5.41, 5.74) is 0. The normalized spacial score (nSPS) is 41.2. The number of carbonyl (C=O) groups is 1. The molecule has 7 unspecified atom stereocenters. The molecule has 0 aromatic carbocycles. The van der Waals surface area contributed by atoms with Crippen LogP contribution >= 0.6 is 0 Å². The van der Waals surface area contributed by atoms with Crippen LogP contribution < -0.4 is 21.3 Å². The summed E-state index contributed by atoms with van der Waals surface area (Å²) in [6.07, 6.45) is 5.27. The topological polar surface area (TPSA) is 89.0 Å². The Morgan fingerprint density at radius 1 is 1.19 bits per heavy atom. The van der Waals surface area contributed by atoms with Gasteiger partial charge in [0, 0.05) is 0 Å². The molecule has 7 atom stereocenters. The Labute approximate surface area is 155 Å². The van der Waals surface area contributed by atoms with Crippen molar-refractivity contribution in [2.45, 2.75) is 76.4 Å². The van der Waals surface area contributed by atoms with Crippen molar-refractivity contribution in [1.29, 1.82) is 5.26 Å². The molecule has 6 nitrogen and oxygen atoms in total. The lowest BCUT2D eigenvalue weighted by molar-refractivity contribution is -0.125. The zero-order valence-corrected chi connectivity index (χ0v) is 15.6. The van der Waals surface area contributed by atoms with E-state index in [1.165, 1.54) is 0 Å². The molecule has 1 aliphatic carbocycles. The maximum atomic E-state index is 13.7. The third-order valence-corrected chi connectivity index (χ3v) is 6.19. The highest BCUT2D eigenvalue weighted by Crippen LogP contribution is 2.36. The van der Waals surface area contributed by atoms with E-state index in [9.17, 15) is 9.18 Å². The fourth-order valence-electron chi connectivity index (χ4n) is 4.65. The van der Waals surface area contributed by atoms with E-state index in [0.29, 0.717) is 24.7 Å². The van der Waals surface area contributed by atoms with Gasteiger partial charge in [0.05, 0.1) is 30.4 Å². The van der Waals surface area contributed by atoms with Gasteiger partial charge in [0.2, 0.25) is 5.91 Å². The molecular formula is C19H32FN5O. The average molecular weight is 365 g/mol. The molecule has 3 rings (SSSR count). The molecule has 1 saturated carbocycles. The second-order valence-electron chi connectivity index (χ2n) is 8.26. The Balaban J connectivity index is 1.38. The third-order valence-electron chi connectivity index (χ3n) is 6.19. The highest BCUT2D eigenvalue weighted by Gasteiger charge is 2.33. The number of nitrogens with zero attached hydrogens (tertiary/aromatic N) is 1. The summed E-state index contributed by atoms with van der Waals surface area (Å²) in [6, 6.07) is 2.01. The number of nitrogens with one attached hydrogen (secondary N) is 4. The standard InChI is InChI=1S/C19H32FN5O/c1-12-22-7-6-17(24-12)19(26)25-18-5-3-14(11-23-18)8-13-2-4-16(20)15(9-13)10-21/h12-18,22-24H,2-9,11H2,1H3,(H,25,26). The van der Waals surface area contributed by atoms with Crippen molar-refractivity contribution in [3.05, 3.63) is 0 Å². The lowest BCUT2D eigenvalue weighted by Gasteiger charge is -2.36. The number of nitriles is 1. The predicted molar refractivity (Wildman–Crippen MR) is 97.6 cm³/mol. The Morgan fingerprint density at radius 3 is 2.69 bits per heavy atom. The molecule has 26 heavy (non-hydrogen) atoms. The molecule has 0 radical (unpaired) electrons. The summed E-state index contributed by atoms with van der Waals surface area (Å²) >= 11 is 0. The van der Waals surface area contributed by atoms with Crippen molar-refractivity contribution in [1.82, 2.24) is 21.3 Å². The lowest BCUT2D eigenvalue weighted by Crippen LogP contribution is -2.60. The van der Waals surface area contributed by atoms with Crippen LogP contribution in [0.15, 0.2) is 0 Å². The predicted octanol–water partition coefficient (Wildman–Crippen LogP) is 1.39. The molecule has 0 bridgehead atoms. The van der Waals surface area contributed by atoms with Gasteiger partial charge in [-0.3, -0.25) is 15.4 Å². The summed E-state index contributed by atoms with van der Waals surface area (Å²) in [5, 5.41) is 22.2. The van der Waals surface area contributed by atoms with E-state index >= 15 is 0 Å². The van der Waals surface area contributed by atoms with Gasteiger partial charge in [-0.1, -0.05) is 0 Å². The van der Waals surface area contributed by atoms with E-state index in [0.717, 1.165) is 45.2 Å². The number of amides is 1. The molecule has 2 aliphatic heterocycles. The second-order valence-corrected chi connectivity index (χ2v) is 8.26. The fourth-order valence-corrected chi connectivity index (χ4v) is 4.65. The number of alkyl halides is 1. The van der Waals surface area contributed by atoms with Crippen molar-refractivity contribution in [2.75, 3.05) is 13.1 Å². The van der Waals surface area contributed by atoms with Crippen molar-refractivity contribution in [2.24, 2.45) is 17.8 Å². The van der Waals surface area contributed by atoms with Crippen LogP contribution in [0.25, 0.3) is 0 Å². The summed E-state index contributed by atoms with van der Waals surface area (Å²) in [6.45, 7) is 3.77. The van der Waals surface area contributed by atoms with Gasteiger partial charge in [-0.2, -0.15) is 5.26 Å². The van der Waals surface area contributed by atoms with Gasteiger partial charge in [-0.05, 0) is 76.8 Å².